The van der Waals surface area contributed by atoms with Crippen LogP contribution in [0.2, 0.25) is 0 Å². The summed E-state index contributed by atoms with van der Waals surface area (Å²) in [4.78, 5) is 23.4. The van der Waals surface area contributed by atoms with Gasteiger partial charge < -0.3 is 10.1 Å². The summed E-state index contributed by atoms with van der Waals surface area (Å²) in [6.07, 6.45) is 0. The molecule has 1 aromatic heterocycles. The van der Waals surface area contributed by atoms with Gasteiger partial charge in [-0.25, -0.2) is 4.79 Å². The summed E-state index contributed by atoms with van der Waals surface area (Å²) >= 11 is 4.50. The molecule has 0 fully saturated rings. The molecule has 0 radical (unpaired) electrons. The van der Waals surface area contributed by atoms with Crippen molar-refractivity contribution in [2.45, 2.75) is 0 Å². The van der Waals surface area contributed by atoms with Crippen LogP contribution < -0.4 is 5.32 Å². The lowest BCUT2D eigenvalue weighted by Crippen LogP contribution is -2.20. The smallest absolute Gasteiger partial charge is 0.338 e. The zero-order valence-corrected chi connectivity index (χ0v) is 13.0. The van der Waals surface area contributed by atoms with Gasteiger partial charge in [0, 0.05) is 4.47 Å². The molecule has 0 bridgehead atoms. The van der Waals surface area contributed by atoms with Gasteiger partial charge in [0.1, 0.15) is 11.1 Å². The molecule has 5 nitrogen and oxygen atoms in total. The van der Waals surface area contributed by atoms with Crippen molar-refractivity contribution in [1.29, 1.82) is 5.26 Å². The third kappa shape index (κ3) is 4.15. The van der Waals surface area contributed by atoms with Crippen molar-refractivity contribution in [1.82, 2.24) is 0 Å². The van der Waals surface area contributed by atoms with Gasteiger partial charge >= 0.3 is 5.97 Å². The Morgan fingerprint density at radius 2 is 2.00 bits per heavy atom. The van der Waals surface area contributed by atoms with Gasteiger partial charge in [0.15, 0.2) is 6.61 Å². The van der Waals surface area contributed by atoms with Crippen molar-refractivity contribution < 1.29 is 14.3 Å². The number of nitrogens with zero attached hydrogens (tertiary/aromatic N) is 1. The zero-order valence-electron chi connectivity index (χ0n) is 10.6. The molecule has 1 heterocycles. The number of nitriles is 1. The van der Waals surface area contributed by atoms with Crippen molar-refractivity contribution in [2.75, 3.05) is 11.9 Å². The van der Waals surface area contributed by atoms with Crippen LogP contribution in [0.25, 0.3) is 0 Å². The molecule has 0 unspecified atom stereocenters. The summed E-state index contributed by atoms with van der Waals surface area (Å²) in [5, 5.41) is 13.5. The third-order valence-corrected chi connectivity index (χ3v) is 3.81. The summed E-state index contributed by atoms with van der Waals surface area (Å²) in [7, 11) is 0. The molecule has 0 aliphatic rings. The summed E-state index contributed by atoms with van der Waals surface area (Å²) in [6, 6.07) is 10.2. The largest absolute Gasteiger partial charge is 0.452 e. The number of halogens is 1. The second kappa shape index (κ2) is 7.02. The van der Waals surface area contributed by atoms with Crippen molar-refractivity contribution in [3.8, 4) is 6.07 Å². The quantitative estimate of drug-likeness (QED) is 0.844. The molecular weight excluding hydrogens is 356 g/mol. The van der Waals surface area contributed by atoms with Gasteiger partial charge in [-0.05, 0) is 35.7 Å². The maximum atomic E-state index is 11.7. The number of benzene rings is 1. The van der Waals surface area contributed by atoms with E-state index in [4.69, 9.17) is 10.00 Å². The molecule has 106 valence electrons. The van der Waals surface area contributed by atoms with E-state index in [9.17, 15) is 9.59 Å². The standard InChI is InChI=1S/C14H9BrN2O3S/c15-11-3-1-9(2-4-11)14(19)20-8-12(18)17-13-10(7-16)5-6-21-13/h1-6H,8H2,(H,17,18). The minimum absolute atomic E-state index is 0.361. The molecular formula is C14H9BrN2O3S. The fourth-order valence-corrected chi connectivity index (χ4v) is 2.48. The number of carbonyl (C=O) groups is 2. The molecule has 2 aromatic rings. The van der Waals surface area contributed by atoms with E-state index in [1.54, 1.807) is 35.7 Å². The van der Waals surface area contributed by atoms with Gasteiger partial charge in [0.25, 0.3) is 5.91 Å². The molecule has 0 saturated carbocycles. The Labute approximate surface area is 133 Å². The predicted molar refractivity (Wildman–Crippen MR) is 82.1 cm³/mol. The van der Waals surface area contributed by atoms with Gasteiger partial charge in [0.05, 0.1) is 11.1 Å². The topological polar surface area (TPSA) is 79.2 Å². The highest BCUT2D eigenvalue weighted by Gasteiger charge is 2.12. The van der Waals surface area contributed by atoms with Crippen LogP contribution in [0.1, 0.15) is 15.9 Å². The van der Waals surface area contributed by atoms with Crippen LogP contribution >= 0.6 is 27.3 Å². The number of anilines is 1. The summed E-state index contributed by atoms with van der Waals surface area (Å²) in [5.41, 5.74) is 0.743. The Kier molecular flexibility index (Phi) is 5.09. The van der Waals surface area contributed by atoms with E-state index in [0.29, 0.717) is 16.1 Å². The first-order valence-corrected chi connectivity index (χ1v) is 7.47. The van der Waals surface area contributed by atoms with Crippen LogP contribution in [0.5, 0.6) is 0 Å². The molecule has 0 aliphatic carbocycles. The second-order valence-corrected chi connectivity index (χ2v) is 5.74. The number of esters is 1. The highest BCUT2D eigenvalue weighted by molar-refractivity contribution is 9.10. The van der Waals surface area contributed by atoms with Crippen molar-refractivity contribution in [3.63, 3.8) is 0 Å². The molecule has 0 saturated heterocycles. The van der Waals surface area contributed by atoms with Crippen LogP contribution in [0.4, 0.5) is 5.00 Å². The minimum atomic E-state index is -0.579. The molecule has 7 heteroatoms. The Hall–Kier alpha value is -2.17. The lowest BCUT2D eigenvalue weighted by atomic mass is 10.2. The number of amides is 1. The second-order valence-electron chi connectivity index (χ2n) is 3.91. The number of hydrogen-bond donors (Lipinski definition) is 1. The fraction of sp³-hybridized carbons (Fsp3) is 0.0714. The van der Waals surface area contributed by atoms with Crippen LogP contribution in [0.3, 0.4) is 0 Å². The Morgan fingerprint density at radius 3 is 2.67 bits per heavy atom. The Balaban J connectivity index is 1.88. The number of thiophene rings is 1. The van der Waals surface area contributed by atoms with E-state index < -0.39 is 18.5 Å². The van der Waals surface area contributed by atoms with Crippen LogP contribution in [0.15, 0.2) is 40.2 Å². The average molecular weight is 365 g/mol. The number of nitrogens with one attached hydrogen (secondary N) is 1. The van der Waals surface area contributed by atoms with Gasteiger partial charge in [-0.2, -0.15) is 5.26 Å². The molecule has 1 amide bonds. The predicted octanol–water partition coefficient (Wildman–Crippen LogP) is 3.18. The monoisotopic (exact) mass is 364 g/mol. The number of rotatable bonds is 4. The molecule has 21 heavy (non-hydrogen) atoms. The van der Waals surface area contributed by atoms with Crippen LogP contribution in [-0.2, 0) is 9.53 Å². The Bertz CT molecular complexity index is 704. The molecule has 1 N–H and O–H groups in total. The van der Waals surface area contributed by atoms with Crippen molar-refractivity contribution in [3.05, 3.63) is 51.3 Å². The van der Waals surface area contributed by atoms with Gasteiger partial charge in [-0.15, -0.1) is 11.3 Å². The van der Waals surface area contributed by atoms with Gasteiger partial charge in [-0.1, -0.05) is 15.9 Å². The summed E-state index contributed by atoms with van der Waals surface area (Å²) in [6.45, 7) is -0.405. The number of ether oxygens (including phenoxy) is 1. The van der Waals surface area contributed by atoms with Gasteiger partial charge in [0.2, 0.25) is 0 Å². The van der Waals surface area contributed by atoms with Crippen LogP contribution in [0, 0.1) is 11.3 Å². The summed E-state index contributed by atoms with van der Waals surface area (Å²) < 4.78 is 5.75. The first-order chi connectivity index (χ1) is 10.1. The molecule has 2 rings (SSSR count). The highest BCUT2D eigenvalue weighted by Crippen LogP contribution is 2.21. The maximum absolute atomic E-state index is 11.7. The SMILES string of the molecule is N#Cc1ccsc1NC(=O)COC(=O)c1ccc(Br)cc1. The van der Waals surface area contributed by atoms with E-state index in [1.807, 2.05) is 6.07 Å². The molecule has 0 aliphatic heterocycles. The molecule has 0 spiro atoms. The first kappa shape index (κ1) is 15.2. The lowest BCUT2D eigenvalue weighted by molar-refractivity contribution is -0.119. The lowest BCUT2D eigenvalue weighted by Gasteiger charge is -2.05. The van der Waals surface area contributed by atoms with E-state index in [2.05, 4.69) is 21.2 Å². The van der Waals surface area contributed by atoms with Crippen molar-refractivity contribution in [2.24, 2.45) is 0 Å². The van der Waals surface area contributed by atoms with E-state index in [1.165, 1.54) is 11.3 Å². The highest BCUT2D eigenvalue weighted by atomic mass is 79.9. The Morgan fingerprint density at radius 1 is 1.29 bits per heavy atom. The molecule has 0 atom stereocenters. The average Bonchev–Trinajstić information content (AvgIpc) is 2.92. The maximum Gasteiger partial charge on any atom is 0.338 e. The first-order valence-electron chi connectivity index (χ1n) is 5.80. The molecule has 1 aromatic carbocycles. The number of carbonyl (C=O) groups excluding carboxylic acids is 2. The van der Waals surface area contributed by atoms with E-state index in [-0.39, 0.29) is 0 Å². The van der Waals surface area contributed by atoms with E-state index >= 15 is 0 Å². The van der Waals surface area contributed by atoms with Gasteiger partial charge in [-0.3, -0.25) is 4.79 Å². The fourth-order valence-electron chi connectivity index (χ4n) is 1.46. The zero-order chi connectivity index (χ0) is 15.2. The van der Waals surface area contributed by atoms with E-state index in [0.717, 1.165) is 4.47 Å². The van der Waals surface area contributed by atoms with Crippen molar-refractivity contribution >= 4 is 44.1 Å². The normalized spacial score (nSPS) is 9.71. The number of hydrogen-bond acceptors (Lipinski definition) is 5. The summed E-state index contributed by atoms with van der Waals surface area (Å²) in [5.74, 6) is -1.07. The third-order valence-electron chi connectivity index (χ3n) is 2.45. The minimum Gasteiger partial charge on any atom is -0.452 e. The van der Waals surface area contributed by atoms with Crippen LogP contribution in [-0.4, -0.2) is 18.5 Å².